The third kappa shape index (κ3) is 2.67. The molecular formula is C9H8N2O6. The summed E-state index contributed by atoms with van der Waals surface area (Å²) in [6, 6.07) is 3.26. The van der Waals surface area contributed by atoms with E-state index in [4.69, 9.17) is 9.47 Å². The molecule has 0 aromatic heterocycles. The standard InChI is InChI=1S/C9H8N2O6/c12-10(13)6-1-2-9(8(3-6)11(14)15)17-5-7-4-16-7/h1-3,7H,4-5H2/t7-/m0/s1. The van der Waals surface area contributed by atoms with Crippen LogP contribution in [-0.2, 0) is 4.74 Å². The van der Waals surface area contributed by atoms with E-state index in [1.165, 1.54) is 6.07 Å². The predicted molar refractivity (Wildman–Crippen MR) is 55.0 cm³/mol. The largest absolute Gasteiger partial charge is 0.484 e. The van der Waals surface area contributed by atoms with Crippen LogP contribution in [0.5, 0.6) is 5.75 Å². The summed E-state index contributed by atoms with van der Waals surface area (Å²) in [5, 5.41) is 21.2. The Bertz CT molecular complexity index is 471. The minimum absolute atomic E-state index is 0.0103. The molecule has 0 saturated carbocycles. The fourth-order valence-electron chi connectivity index (χ4n) is 1.23. The van der Waals surface area contributed by atoms with Crippen LogP contribution in [-0.4, -0.2) is 29.2 Å². The lowest BCUT2D eigenvalue weighted by Crippen LogP contribution is -2.06. The van der Waals surface area contributed by atoms with E-state index in [0.717, 1.165) is 12.1 Å². The van der Waals surface area contributed by atoms with Crippen molar-refractivity contribution in [3.05, 3.63) is 38.4 Å². The smallest absolute Gasteiger partial charge is 0.317 e. The maximum Gasteiger partial charge on any atom is 0.317 e. The Balaban J connectivity index is 2.23. The van der Waals surface area contributed by atoms with Gasteiger partial charge in [-0.25, -0.2) is 0 Å². The molecule has 8 nitrogen and oxygen atoms in total. The summed E-state index contributed by atoms with van der Waals surface area (Å²) in [4.78, 5) is 19.8. The van der Waals surface area contributed by atoms with Gasteiger partial charge in [0.05, 0.1) is 22.5 Å². The molecule has 17 heavy (non-hydrogen) atoms. The van der Waals surface area contributed by atoms with Gasteiger partial charge in [0.15, 0.2) is 5.75 Å². The van der Waals surface area contributed by atoms with Gasteiger partial charge in [-0.05, 0) is 6.07 Å². The molecule has 0 radical (unpaired) electrons. The Labute approximate surface area is 95.1 Å². The van der Waals surface area contributed by atoms with E-state index in [2.05, 4.69) is 0 Å². The molecule has 1 fully saturated rings. The van der Waals surface area contributed by atoms with Crippen LogP contribution in [0.1, 0.15) is 0 Å². The molecule has 0 spiro atoms. The van der Waals surface area contributed by atoms with E-state index in [9.17, 15) is 20.2 Å². The monoisotopic (exact) mass is 240 g/mol. The molecule has 1 saturated heterocycles. The summed E-state index contributed by atoms with van der Waals surface area (Å²) < 4.78 is 10.1. The lowest BCUT2D eigenvalue weighted by Gasteiger charge is -2.04. The lowest BCUT2D eigenvalue weighted by molar-refractivity contribution is -0.394. The molecule has 1 aromatic carbocycles. The molecule has 0 amide bonds. The van der Waals surface area contributed by atoms with E-state index < -0.39 is 15.5 Å². The highest BCUT2D eigenvalue weighted by atomic mass is 16.6. The molecule has 8 heteroatoms. The van der Waals surface area contributed by atoms with Crippen molar-refractivity contribution in [2.45, 2.75) is 6.10 Å². The van der Waals surface area contributed by atoms with Crippen molar-refractivity contribution in [3.8, 4) is 5.75 Å². The van der Waals surface area contributed by atoms with E-state index in [-0.39, 0.29) is 24.1 Å². The van der Waals surface area contributed by atoms with Crippen molar-refractivity contribution >= 4 is 11.4 Å². The quantitative estimate of drug-likeness (QED) is 0.435. The zero-order valence-corrected chi connectivity index (χ0v) is 8.57. The number of hydrogen-bond donors (Lipinski definition) is 0. The van der Waals surface area contributed by atoms with Crippen molar-refractivity contribution in [1.82, 2.24) is 0 Å². The van der Waals surface area contributed by atoms with Crippen molar-refractivity contribution in [3.63, 3.8) is 0 Å². The molecule has 2 rings (SSSR count). The molecule has 0 bridgehead atoms. The number of benzene rings is 1. The maximum atomic E-state index is 10.7. The molecule has 1 heterocycles. The Morgan fingerprint density at radius 3 is 2.59 bits per heavy atom. The predicted octanol–water partition coefficient (Wildman–Crippen LogP) is 1.28. The first-order chi connectivity index (χ1) is 8.08. The van der Waals surface area contributed by atoms with E-state index >= 15 is 0 Å². The van der Waals surface area contributed by atoms with Gasteiger partial charge in [-0.3, -0.25) is 20.2 Å². The van der Waals surface area contributed by atoms with Gasteiger partial charge in [-0.15, -0.1) is 0 Å². The van der Waals surface area contributed by atoms with E-state index in [1.807, 2.05) is 0 Å². The number of non-ortho nitro benzene ring substituents is 1. The fraction of sp³-hybridized carbons (Fsp3) is 0.333. The molecule has 1 aromatic rings. The van der Waals surface area contributed by atoms with Crippen LogP contribution in [0.3, 0.4) is 0 Å². The molecule has 90 valence electrons. The van der Waals surface area contributed by atoms with Crippen molar-refractivity contribution < 1.29 is 19.3 Å². The van der Waals surface area contributed by atoms with E-state index in [0.29, 0.717) is 6.61 Å². The Morgan fingerprint density at radius 1 is 1.35 bits per heavy atom. The Morgan fingerprint density at radius 2 is 2.06 bits per heavy atom. The number of rotatable bonds is 5. The fourth-order valence-corrected chi connectivity index (χ4v) is 1.23. The summed E-state index contributed by atoms with van der Waals surface area (Å²) in [5.41, 5.74) is -0.758. The number of nitro groups is 2. The second kappa shape index (κ2) is 4.34. The van der Waals surface area contributed by atoms with Gasteiger partial charge < -0.3 is 9.47 Å². The molecule has 0 unspecified atom stereocenters. The van der Waals surface area contributed by atoms with Crippen LogP contribution in [0.4, 0.5) is 11.4 Å². The minimum atomic E-state index is -0.712. The zero-order chi connectivity index (χ0) is 12.4. The highest BCUT2D eigenvalue weighted by molar-refractivity contribution is 5.53. The van der Waals surface area contributed by atoms with Gasteiger partial charge in [0, 0.05) is 6.07 Å². The van der Waals surface area contributed by atoms with Gasteiger partial charge in [0.2, 0.25) is 0 Å². The van der Waals surface area contributed by atoms with E-state index in [1.54, 1.807) is 0 Å². The van der Waals surface area contributed by atoms with Crippen LogP contribution < -0.4 is 4.74 Å². The van der Waals surface area contributed by atoms with Gasteiger partial charge in [-0.2, -0.15) is 0 Å². The van der Waals surface area contributed by atoms with Crippen LogP contribution in [0.25, 0.3) is 0 Å². The van der Waals surface area contributed by atoms with Crippen LogP contribution in [0.15, 0.2) is 18.2 Å². The first-order valence-electron chi connectivity index (χ1n) is 4.75. The highest BCUT2D eigenvalue weighted by Gasteiger charge is 2.26. The van der Waals surface area contributed by atoms with Gasteiger partial charge >= 0.3 is 5.69 Å². The minimum Gasteiger partial charge on any atom is -0.484 e. The van der Waals surface area contributed by atoms with Gasteiger partial charge in [-0.1, -0.05) is 0 Å². The molecule has 0 N–H and O–H groups in total. The second-order valence-electron chi connectivity index (χ2n) is 3.43. The number of ether oxygens (including phenoxy) is 2. The third-order valence-electron chi connectivity index (χ3n) is 2.18. The molecule has 0 aliphatic carbocycles. The van der Waals surface area contributed by atoms with Crippen molar-refractivity contribution in [2.24, 2.45) is 0 Å². The topological polar surface area (TPSA) is 108 Å². The summed E-state index contributed by atoms with van der Waals surface area (Å²) in [7, 11) is 0. The third-order valence-corrected chi connectivity index (χ3v) is 2.18. The summed E-state index contributed by atoms with van der Waals surface area (Å²) in [6.45, 7) is 0.777. The first kappa shape index (κ1) is 11.3. The van der Waals surface area contributed by atoms with Gasteiger partial charge in [0.1, 0.15) is 12.7 Å². The lowest BCUT2D eigenvalue weighted by atomic mass is 10.2. The maximum absolute atomic E-state index is 10.7. The second-order valence-corrected chi connectivity index (χ2v) is 3.43. The molecule has 1 atom stereocenters. The van der Waals surface area contributed by atoms with Crippen molar-refractivity contribution in [1.29, 1.82) is 0 Å². The number of nitrogens with zero attached hydrogens (tertiary/aromatic N) is 2. The summed E-state index contributed by atoms with van der Waals surface area (Å²) in [5.74, 6) is 0.0103. The molecule has 1 aliphatic heterocycles. The molecule has 1 aliphatic rings. The normalized spacial score (nSPS) is 17.5. The van der Waals surface area contributed by atoms with Gasteiger partial charge in [0.25, 0.3) is 5.69 Å². The number of nitro benzene ring substituents is 2. The van der Waals surface area contributed by atoms with Crippen molar-refractivity contribution in [2.75, 3.05) is 13.2 Å². The number of epoxide rings is 1. The van der Waals surface area contributed by atoms with Crippen LogP contribution in [0.2, 0.25) is 0 Å². The highest BCUT2D eigenvalue weighted by Crippen LogP contribution is 2.31. The molecular weight excluding hydrogens is 232 g/mol. The summed E-state index contributed by atoms with van der Waals surface area (Å²) in [6.07, 6.45) is -0.0372. The average Bonchev–Trinajstić information content (AvgIpc) is 3.09. The zero-order valence-electron chi connectivity index (χ0n) is 8.57. The Hall–Kier alpha value is -2.22. The SMILES string of the molecule is O=[N+]([O-])c1ccc(OC[C@@H]2CO2)c([N+](=O)[O-])c1. The Kier molecular flexibility index (Phi) is 2.88. The van der Waals surface area contributed by atoms with Crippen LogP contribution >= 0.6 is 0 Å². The van der Waals surface area contributed by atoms with Crippen LogP contribution in [0, 0.1) is 20.2 Å². The summed E-state index contributed by atoms with van der Waals surface area (Å²) >= 11 is 0. The first-order valence-corrected chi connectivity index (χ1v) is 4.75. The number of hydrogen-bond acceptors (Lipinski definition) is 6. The average molecular weight is 240 g/mol.